The summed E-state index contributed by atoms with van der Waals surface area (Å²) in [4.78, 5) is 36.1. The normalized spacial score (nSPS) is 13.9. The number of carbonyl (C=O) groups is 2. The van der Waals surface area contributed by atoms with E-state index in [0.717, 1.165) is 17.4 Å². The zero-order valence-corrected chi connectivity index (χ0v) is 13.0. The molecule has 0 radical (unpaired) electrons. The van der Waals surface area contributed by atoms with E-state index in [0.29, 0.717) is 11.2 Å². The lowest BCUT2D eigenvalue weighted by Crippen LogP contribution is -2.26. The molecule has 0 spiro atoms. The van der Waals surface area contributed by atoms with Crippen LogP contribution < -0.4 is 16.8 Å². The molecule has 128 valence electrons. The third-order valence-corrected chi connectivity index (χ3v) is 3.89. The van der Waals surface area contributed by atoms with Gasteiger partial charge in [-0.25, -0.2) is 14.0 Å². The summed E-state index contributed by atoms with van der Waals surface area (Å²) in [6.45, 7) is -0.231. The van der Waals surface area contributed by atoms with Crippen molar-refractivity contribution in [2.75, 3.05) is 11.1 Å². The smallest absolute Gasteiger partial charge is 0.407 e. The topological polar surface area (TPSA) is 138 Å². The lowest BCUT2D eigenvalue weighted by atomic mass is 10.3. The average molecular weight is 342 g/mol. The van der Waals surface area contributed by atoms with Crippen LogP contribution in [0.1, 0.15) is 17.6 Å². The predicted octanol–water partition coefficient (Wildman–Crippen LogP) is 0.457. The van der Waals surface area contributed by atoms with Gasteiger partial charge in [-0.1, -0.05) is 5.21 Å². The second-order valence-electron chi connectivity index (χ2n) is 5.89. The van der Waals surface area contributed by atoms with Gasteiger partial charge < -0.3 is 15.5 Å². The van der Waals surface area contributed by atoms with Gasteiger partial charge in [0.1, 0.15) is 6.54 Å². The molecule has 3 aromatic rings. The first-order chi connectivity index (χ1) is 12.0. The van der Waals surface area contributed by atoms with E-state index in [1.54, 1.807) is 6.07 Å². The number of anilines is 2. The molecule has 1 aromatic carbocycles. The van der Waals surface area contributed by atoms with Crippen LogP contribution in [0.15, 0.2) is 33.6 Å². The van der Waals surface area contributed by atoms with Crippen molar-refractivity contribution < 1.29 is 14.0 Å². The molecule has 0 aliphatic heterocycles. The van der Waals surface area contributed by atoms with E-state index < -0.39 is 11.7 Å². The van der Waals surface area contributed by atoms with Crippen LogP contribution in [0, 0.1) is 5.92 Å². The number of aromatic nitrogens is 4. The molecular weight excluding hydrogens is 328 g/mol. The summed E-state index contributed by atoms with van der Waals surface area (Å²) in [6, 6.07) is 4.58. The van der Waals surface area contributed by atoms with Crippen LogP contribution in [0.4, 0.5) is 11.5 Å². The Morgan fingerprint density at radius 3 is 2.92 bits per heavy atom. The molecule has 1 aliphatic rings. The molecule has 10 heteroatoms. The van der Waals surface area contributed by atoms with Gasteiger partial charge in [0.05, 0.1) is 11.7 Å². The summed E-state index contributed by atoms with van der Waals surface area (Å²) in [5.74, 6) is -1.14. The van der Waals surface area contributed by atoms with Crippen molar-refractivity contribution in [2.45, 2.75) is 19.4 Å². The summed E-state index contributed by atoms with van der Waals surface area (Å²) in [7, 11) is 0. The fourth-order valence-corrected chi connectivity index (χ4v) is 2.49. The SMILES string of the molecule is Nc1ccc2c(c1)oc(=O)n2C(=O)Cn1cc(NC(=O)C2CC2)nn1. The molecule has 0 saturated heterocycles. The van der Waals surface area contributed by atoms with Crippen LogP contribution in [-0.2, 0) is 11.3 Å². The fourth-order valence-electron chi connectivity index (χ4n) is 2.49. The van der Waals surface area contributed by atoms with E-state index in [1.165, 1.54) is 23.0 Å². The first kappa shape index (κ1) is 15.1. The molecule has 0 atom stereocenters. The molecule has 1 amide bonds. The highest BCUT2D eigenvalue weighted by Crippen LogP contribution is 2.29. The van der Waals surface area contributed by atoms with Gasteiger partial charge in [-0.3, -0.25) is 9.59 Å². The van der Waals surface area contributed by atoms with Crippen LogP contribution >= 0.6 is 0 Å². The Bertz CT molecular complexity index is 1040. The van der Waals surface area contributed by atoms with Gasteiger partial charge in [0, 0.05) is 17.7 Å². The standard InChI is InChI=1S/C15H14N6O4/c16-9-3-4-10-11(5-9)25-15(24)21(10)13(22)7-20-6-12(18-19-20)17-14(23)8-1-2-8/h3-6,8H,1-2,7,16H2,(H,17,23). The third kappa shape index (κ3) is 2.89. The minimum Gasteiger partial charge on any atom is -0.407 e. The number of benzene rings is 1. The maximum atomic E-state index is 12.4. The monoisotopic (exact) mass is 342 g/mol. The number of fused-ring (bicyclic) bond motifs is 1. The molecular formula is C15H14N6O4. The van der Waals surface area contributed by atoms with Crippen molar-refractivity contribution in [3.05, 3.63) is 34.9 Å². The summed E-state index contributed by atoms with van der Waals surface area (Å²) < 4.78 is 7.19. The third-order valence-electron chi connectivity index (χ3n) is 3.89. The zero-order chi connectivity index (χ0) is 17.6. The van der Waals surface area contributed by atoms with Crippen LogP contribution in [0.25, 0.3) is 11.1 Å². The number of nitrogens with one attached hydrogen (secondary N) is 1. The van der Waals surface area contributed by atoms with Gasteiger partial charge in [-0.05, 0) is 25.0 Å². The van der Waals surface area contributed by atoms with Crippen molar-refractivity contribution in [3.63, 3.8) is 0 Å². The van der Waals surface area contributed by atoms with Gasteiger partial charge in [0.25, 0.3) is 5.91 Å². The van der Waals surface area contributed by atoms with E-state index in [4.69, 9.17) is 10.2 Å². The van der Waals surface area contributed by atoms with Crippen molar-refractivity contribution in [3.8, 4) is 0 Å². The first-order valence-electron chi connectivity index (χ1n) is 7.66. The van der Waals surface area contributed by atoms with E-state index >= 15 is 0 Å². The number of rotatable bonds is 4. The Morgan fingerprint density at radius 2 is 2.16 bits per heavy atom. The van der Waals surface area contributed by atoms with Crippen LogP contribution in [0.2, 0.25) is 0 Å². The highest BCUT2D eigenvalue weighted by Gasteiger charge is 2.30. The fraction of sp³-hybridized carbons (Fsp3) is 0.267. The molecule has 10 nitrogen and oxygen atoms in total. The van der Waals surface area contributed by atoms with E-state index in [-0.39, 0.29) is 29.8 Å². The average Bonchev–Trinajstić information content (AvgIpc) is 3.24. The molecule has 2 heterocycles. The first-order valence-corrected chi connectivity index (χ1v) is 7.66. The summed E-state index contributed by atoms with van der Waals surface area (Å²) in [5, 5.41) is 10.2. The number of oxazole rings is 1. The Labute approximate surface area is 140 Å². The van der Waals surface area contributed by atoms with E-state index in [1.807, 2.05) is 0 Å². The minimum atomic E-state index is -0.798. The molecule has 2 aromatic heterocycles. The maximum absolute atomic E-state index is 12.4. The molecule has 0 bridgehead atoms. The second kappa shape index (κ2) is 5.58. The van der Waals surface area contributed by atoms with Gasteiger partial charge in [-0.2, -0.15) is 0 Å². The number of hydrogen-bond donors (Lipinski definition) is 2. The Balaban J connectivity index is 1.54. The summed E-state index contributed by atoms with van der Waals surface area (Å²) in [5.41, 5.74) is 6.62. The van der Waals surface area contributed by atoms with Crippen molar-refractivity contribution in [1.29, 1.82) is 0 Å². The maximum Gasteiger partial charge on any atom is 0.426 e. The van der Waals surface area contributed by atoms with E-state index in [9.17, 15) is 14.4 Å². The van der Waals surface area contributed by atoms with Crippen LogP contribution in [-0.4, -0.2) is 31.4 Å². The zero-order valence-electron chi connectivity index (χ0n) is 13.0. The molecule has 25 heavy (non-hydrogen) atoms. The quantitative estimate of drug-likeness (QED) is 0.657. The highest BCUT2D eigenvalue weighted by molar-refractivity contribution is 5.93. The lowest BCUT2D eigenvalue weighted by molar-refractivity contribution is -0.117. The van der Waals surface area contributed by atoms with Gasteiger partial charge in [0.2, 0.25) is 5.91 Å². The number of carbonyl (C=O) groups excluding carboxylic acids is 2. The van der Waals surface area contributed by atoms with Gasteiger partial charge in [-0.15, -0.1) is 5.10 Å². The van der Waals surface area contributed by atoms with Crippen molar-refractivity contribution in [1.82, 2.24) is 19.6 Å². The van der Waals surface area contributed by atoms with Crippen LogP contribution in [0.5, 0.6) is 0 Å². The predicted molar refractivity (Wildman–Crippen MR) is 86.9 cm³/mol. The van der Waals surface area contributed by atoms with Crippen LogP contribution in [0.3, 0.4) is 0 Å². The van der Waals surface area contributed by atoms with Gasteiger partial charge in [0.15, 0.2) is 11.4 Å². The molecule has 0 unspecified atom stereocenters. The summed E-state index contributed by atoms with van der Waals surface area (Å²) >= 11 is 0. The number of nitrogen functional groups attached to an aromatic ring is 1. The van der Waals surface area contributed by atoms with E-state index in [2.05, 4.69) is 15.6 Å². The Hall–Kier alpha value is -3.43. The highest BCUT2D eigenvalue weighted by atomic mass is 16.4. The molecule has 4 rings (SSSR count). The largest absolute Gasteiger partial charge is 0.426 e. The van der Waals surface area contributed by atoms with Gasteiger partial charge >= 0.3 is 5.76 Å². The number of hydrogen-bond acceptors (Lipinski definition) is 7. The number of amides is 1. The lowest BCUT2D eigenvalue weighted by Gasteiger charge is -2.01. The number of nitrogens with zero attached hydrogens (tertiary/aromatic N) is 4. The van der Waals surface area contributed by atoms with Crippen molar-refractivity contribution >= 4 is 34.4 Å². The Morgan fingerprint density at radius 1 is 1.36 bits per heavy atom. The number of nitrogens with two attached hydrogens (primary N) is 1. The molecule has 1 aliphatic carbocycles. The van der Waals surface area contributed by atoms with Crippen molar-refractivity contribution in [2.24, 2.45) is 5.92 Å². The molecule has 3 N–H and O–H groups in total. The summed E-state index contributed by atoms with van der Waals surface area (Å²) in [6.07, 6.45) is 3.18. The minimum absolute atomic E-state index is 0.0371. The Kier molecular flexibility index (Phi) is 3.38. The second-order valence-corrected chi connectivity index (χ2v) is 5.89. The molecule has 1 fully saturated rings. The molecule has 1 saturated carbocycles.